The Balaban J connectivity index is 1.14. The molecule has 0 nitrogen and oxygen atoms in total. The number of halogens is 1. The molecule has 9 aromatic rings. The van der Waals surface area contributed by atoms with Crippen LogP contribution < -0.4 is 0 Å². The van der Waals surface area contributed by atoms with Gasteiger partial charge in [-0.2, -0.15) is 0 Å². The van der Waals surface area contributed by atoms with E-state index in [0.29, 0.717) is 0 Å². The van der Waals surface area contributed by atoms with Crippen molar-refractivity contribution in [1.82, 2.24) is 0 Å². The van der Waals surface area contributed by atoms with Gasteiger partial charge < -0.3 is 0 Å². The highest BCUT2D eigenvalue weighted by atomic mass is 35.5. The van der Waals surface area contributed by atoms with Crippen molar-refractivity contribution in [3.8, 4) is 55.6 Å². The lowest BCUT2D eigenvalue weighted by atomic mass is 9.70. The summed E-state index contributed by atoms with van der Waals surface area (Å²) in [4.78, 5) is 0. The first-order valence-corrected chi connectivity index (χ1v) is 18.7. The smallest absolute Gasteiger partial charge is 0.0725 e. The van der Waals surface area contributed by atoms with E-state index in [9.17, 15) is 0 Å². The van der Waals surface area contributed by atoms with Crippen molar-refractivity contribution in [1.29, 1.82) is 0 Å². The van der Waals surface area contributed by atoms with Crippen molar-refractivity contribution >= 4 is 43.1 Å². The van der Waals surface area contributed by atoms with Gasteiger partial charge in [0.15, 0.2) is 0 Å². The number of benzene rings is 8. The van der Waals surface area contributed by atoms with E-state index < -0.39 is 0 Å². The van der Waals surface area contributed by atoms with E-state index in [1.807, 2.05) is 0 Å². The van der Waals surface area contributed by atoms with Gasteiger partial charge >= 0.3 is 0 Å². The summed E-state index contributed by atoms with van der Waals surface area (Å²) in [5.41, 5.74) is 17.7. The molecule has 1 heterocycles. The number of fused-ring (bicyclic) bond motifs is 13. The van der Waals surface area contributed by atoms with E-state index in [-0.39, 0.29) is 5.41 Å². The lowest BCUT2D eigenvalue weighted by molar-refractivity contribution is 0.794. The van der Waals surface area contributed by atoms with Crippen LogP contribution in [0.25, 0.3) is 75.8 Å². The Morgan fingerprint density at radius 3 is 1.67 bits per heavy atom. The summed E-state index contributed by atoms with van der Waals surface area (Å²) in [6.45, 7) is 0. The van der Waals surface area contributed by atoms with Crippen LogP contribution in [-0.2, 0) is 5.41 Å². The molecule has 11 rings (SSSR count). The first kappa shape index (κ1) is 29.0. The van der Waals surface area contributed by atoms with Gasteiger partial charge in [0.1, 0.15) is 0 Å². The first-order chi connectivity index (χ1) is 25.2. The molecule has 0 N–H and O–H groups in total. The minimum atomic E-state index is -0.368. The maximum Gasteiger partial charge on any atom is 0.0725 e. The number of thiophene rings is 1. The Morgan fingerprint density at radius 1 is 0.392 bits per heavy atom. The molecule has 0 unspecified atom stereocenters. The number of hydrogen-bond donors (Lipinski definition) is 0. The van der Waals surface area contributed by atoms with Crippen molar-refractivity contribution in [2.45, 2.75) is 5.41 Å². The van der Waals surface area contributed by atoms with Gasteiger partial charge in [0.05, 0.1) is 15.1 Å². The summed E-state index contributed by atoms with van der Waals surface area (Å²) in [6, 6.07) is 64.9. The topological polar surface area (TPSA) is 0 Å². The third kappa shape index (κ3) is 3.91. The second-order valence-corrected chi connectivity index (χ2v) is 15.1. The van der Waals surface area contributed by atoms with E-state index in [2.05, 4.69) is 176 Å². The number of rotatable bonds is 3. The molecule has 0 fully saturated rings. The molecule has 0 saturated heterocycles. The van der Waals surface area contributed by atoms with Crippen LogP contribution in [0.2, 0.25) is 5.02 Å². The van der Waals surface area contributed by atoms with E-state index in [1.54, 1.807) is 11.3 Å². The van der Waals surface area contributed by atoms with Crippen LogP contribution in [0, 0.1) is 0 Å². The average Bonchev–Trinajstić information content (AvgIpc) is 3.84. The fraction of sp³-hybridized carbons (Fsp3) is 0.0204. The Kier molecular flexibility index (Phi) is 6.20. The summed E-state index contributed by atoms with van der Waals surface area (Å²) in [6.07, 6.45) is 0. The second kappa shape index (κ2) is 10.9. The van der Waals surface area contributed by atoms with Crippen molar-refractivity contribution in [2.75, 3.05) is 0 Å². The highest BCUT2D eigenvalue weighted by molar-refractivity contribution is 7.26. The molecular formula is C49H29ClS. The molecule has 238 valence electrons. The summed E-state index contributed by atoms with van der Waals surface area (Å²) in [7, 11) is 0. The Morgan fingerprint density at radius 2 is 0.922 bits per heavy atom. The van der Waals surface area contributed by atoms with Crippen LogP contribution in [0.1, 0.15) is 22.3 Å². The molecule has 2 aliphatic carbocycles. The van der Waals surface area contributed by atoms with Crippen molar-refractivity contribution in [3.63, 3.8) is 0 Å². The predicted octanol–water partition coefficient (Wildman–Crippen LogP) is 14.1. The molecule has 2 heteroatoms. The molecule has 8 aromatic carbocycles. The van der Waals surface area contributed by atoms with Crippen molar-refractivity contribution in [2.24, 2.45) is 0 Å². The lowest BCUT2D eigenvalue weighted by Gasteiger charge is -2.30. The van der Waals surface area contributed by atoms with Crippen LogP contribution in [0.5, 0.6) is 0 Å². The molecule has 0 amide bonds. The van der Waals surface area contributed by atoms with Crippen LogP contribution in [0.4, 0.5) is 0 Å². The van der Waals surface area contributed by atoms with Crippen LogP contribution in [-0.4, -0.2) is 0 Å². The second-order valence-electron chi connectivity index (χ2n) is 13.6. The minimum Gasteiger partial charge on any atom is -0.134 e. The molecule has 0 radical (unpaired) electrons. The third-order valence-electron chi connectivity index (χ3n) is 11.2. The Bertz CT molecular complexity index is 2850. The zero-order chi connectivity index (χ0) is 33.7. The minimum absolute atomic E-state index is 0.368. The van der Waals surface area contributed by atoms with Gasteiger partial charge in [-0.3, -0.25) is 0 Å². The third-order valence-corrected chi connectivity index (χ3v) is 12.8. The van der Waals surface area contributed by atoms with E-state index in [1.165, 1.54) is 93.4 Å². The van der Waals surface area contributed by atoms with E-state index >= 15 is 0 Å². The molecular weight excluding hydrogens is 656 g/mol. The molecule has 2 aliphatic rings. The lowest BCUT2D eigenvalue weighted by Crippen LogP contribution is -2.25. The van der Waals surface area contributed by atoms with Crippen LogP contribution in [0.3, 0.4) is 0 Å². The summed E-state index contributed by atoms with van der Waals surface area (Å²) in [5.74, 6) is 0. The fourth-order valence-electron chi connectivity index (χ4n) is 9.23. The molecule has 51 heavy (non-hydrogen) atoms. The van der Waals surface area contributed by atoms with Gasteiger partial charge in [0.25, 0.3) is 0 Å². The maximum absolute atomic E-state index is 6.80. The zero-order valence-electron chi connectivity index (χ0n) is 27.5. The largest absolute Gasteiger partial charge is 0.134 e. The van der Waals surface area contributed by atoms with Crippen molar-refractivity contribution in [3.05, 3.63) is 203 Å². The Labute approximate surface area is 305 Å². The molecule has 0 aliphatic heterocycles. The molecule has 0 bridgehead atoms. The van der Waals surface area contributed by atoms with Gasteiger partial charge in [-0.15, -0.1) is 11.3 Å². The number of hydrogen-bond acceptors (Lipinski definition) is 1. The summed E-state index contributed by atoms with van der Waals surface area (Å²) in [5, 5.41) is 3.29. The average molecular weight is 685 g/mol. The van der Waals surface area contributed by atoms with E-state index in [0.717, 1.165) is 9.72 Å². The molecule has 1 aromatic heterocycles. The van der Waals surface area contributed by atoms with Gasteiger partial charge in [0.2, 0.25) is 0 Å². The monoisotopic (exact) mass is 684 g/mol. The van der Waals surface area contributed by atoms with Gasteiger partial charge in [0, 0.05) is 15.5 Å². The SMILES string of the molecule is Clc1ccc(-c2cccc(-c3ccccc3-c3cccc4c3-c3ccccc3C43c4ccccc4-c4ccccc43)c2)c2c1sc1ccccc12. The van der Waals surface area contributed by atoms with Gasteiger partial charge in [-0.25, -0.2) is 0 Å². The normalized spacial score (nSPS) is 13.4. The van der Waals surface area contributed by atoms with Gasteiger partial charge in [-0.1, -0.05) is 169 Å². The van der Waals surface area contributed by atoms with E-state index in [4.69, 9.17) is 11.6 Å². The quantitative estimate of drug-likeness (QED) is 0.174. The first-order valence-electron chi connectivity index (χ1n) is 17.5. The highest BCUT2D eigenvalue weighted by Gasteiger charge is 2.52. The predicted molar refractivity (Wildman–Crippen MR) is 217 cm³/mol. The highest BCUT2D eigenvalue weighted by Crippen LogP contribution is 2.64. The van der Waals surface area contributed by atoms with Gasteiger partial charge in [-0.05, 0) is 96.1 Å². The van der Waals surface area contributed by atoms with Crippen molar-refractivity contribution < 1.29 is 0 Å². The Hall–Kier alpha value is -5.73. The zero-order valence-corrected chi connectivity index (χ0v) is 29.1. The summed E-state index contributed by atoms with van der Waals surface area (Å²) >= 11 is 8.57. The summed E-state index contributed by atoms with van der Waals surface area (Å²) < 4.78 is 2.40. The fourth-order valence-corrected chi connectivity index (χ4v) is 10.6. The van der Waals surface area contributed by atoms with Crippen LogP contribution in [0.15, 0.2) is 176 Å². The molecule has 1 spiro atoms. The molecule has 0 saturated carbocycles. The van der Waals surface area contributed by atoms with Crippen LogP contribution >= 0.6 is 22.9 Å². The standard InChI is InChI=1S/C49H29ClS/c50-44-28-27-33(47-39-20-6-10-26-45(39)51-48(44)47)31-14-11-13-30(29-31)32-15-1-2-16-34(32)37-21-12-25-43-46(37)38-19-5-9-24-42(38)49(43)40-22-7-3-17-35(40)36-18-4-8-23-41(36)49/h1-29H. The maximum atomic E-state index is 6.80. The molecule has 0 atom stereocenters.